The predicted octanol–water partition coefficient (Wildman–Crippen LogP) is 2.05. The lowest BCUT2D eigenvalue weighted by Crippen LogP contribution is -2.17. The molecule has 114 valence electrons. The molecule has 0 spiro atoms. The van der Waals surface area contributed by atoms with Crippen LogP contribution in [0.5, 0.6) is 11.5 Å². The molecule has 0 heterocycles. The number of nitrogens with two attached hydrogens (primary N) is 1. The molecule has 1 amide bonds. The highest BCUT2D eigenvalue weighted by molar-refractivity contribution is 5.95. The number of amides is 1. The summed E-state index contributed by atoms with van der Waals surface area (Å²) < 4.78 is 10.5. The number of nitrogen functional groups attached to an aromatic ring is 1. The Morgan fingerprint density at radius 1 is 1.14 bits per heavy atom. The third kappa shape index (κ3) is 3.54. The van der Waals surface area contributed by atoms with Crippen molar-refractivity contribution in [3.63, 3.8) is 0 Å². The summed E-state index contributed by atoms with van der Waals surface area (Å²) in [5.41, 5.74) is 9.79. The number of para-hydroxylation sites is 1. The molecule has 0 unspecified atom stereocenters. The second kappa shape index (κ2) is 7.12. The average Bonchev–Trinajstić information content (AvgIpc) is 2.55. The number of carbonyl (C=O) groups excluding carboxylic acids is 1. The van der Waals surface area contributed by atoms with Gasteiger partial charge in [-0.25, -0.2) is 5.43 Å². The second-order valence-corrected chi connectivity index (χ2v) is 4.40. The molecule has 0 fully saturated rings. The van der Waals surface area contributed by atoms with Crippen LogP contribution in [0, 0.1) is 0 Å². The van der Waals surface area contributed by atoms with Crippen molar-refractivity contribution in [2.45, 2.75) is 0 Å². The first-order valence-corrected chi connectivity index (χ1v) is 6.55. The highest BCUT2D eigenvalue weighted by atomic mass is 16.5. The van der Waals surface area contributed by atoms with Crippen molar-refractivity contribution < 1.29 is 14.3 Å². The van der Waals surface area contributed by atoms with Crippen LogP contribution in [0.1, 0.15) is 15.9 Å². The summed E-state index contributed by atoms with van der Waals surface area (Å²) >= 11 is 0. The highest BCUT2D eigenvalue weighted by Crippen LogP contribution is 2.29. The number of anilines is 1. The van der Waals surface area contributed by atoms with Crippen LogP contribution < -0.4 is 20.6 Å². The number of rotatable bonds is 5. The fraction of sp³-hybridized carbons (Fsp3) is 0.125. The summed E-state index contributed by atoms with van der Waals surface area (Å²) in [6, 6.07) is 12.0. The molecule has 2 aromatic carbocycles. The zero-order valence-electron chi connectivity index (χ0n) is 12.4. The number of methoxy groups -OCH3 is 2. The van der Waals surface area contributed by atoms with E-state index >= 15 is 0 Å². The van der Waals surface area contributed by atoms with Crippen LogP contribution in [0.2, 0.25) is 0 Å². The van der Waals surface area contributed by atoms with Crippen LogP contribution in [-0.2, 0) is 0 Å². The van der Waals surface area contributed by atoms with Gasteiger partial charge in [-0.3, -0.25) is 4.79 Å². The Labute approximate surface area is 128 Å². The van der Waals surface area contributed by atoms with Crippen LogP contribution in [0.25, 0.3) is 0 Å². The molecule has 0 saturated heterocycles. The van der Waals surface area contributed by atoms with Gasteiger partial charge in [-0.05, 0) is 36.4 Å². The van der Waals surface area contributed by atoms with Gasteiger partial charge in [-0.1, -0.05) is 6.07 Å². The van der Waals surface area contributed by atoms with Gasteiger partial charge in [0.15, 0.2) is 11.5 Å². The maximum absolute atomic E-state index is 11.9. The minimum atomic E-state index is -0.321. The Morgan fingerprint density at radius 2 is 1.86 bits per heavy atom. The third-order valence-corrected chi connectivity index (χ3v) is 2.98. The van der Waals surface area contributed by atoms with Crippen LogP contribution in [0.15, 0.2) is 47.6 Å². The molecule has 6 nitrogen and oxygen atoms in total. The van der Waals surface area contributed by atoms with Crippen molar-refractivity contribution in [3.05, 3.63) is 53.6 Å². The zero-order valence-corrected chi connectivity index (χ0v) is 12.4. The fourth-order valence-corrected chi connectivity index (χ4v) is 1.87. The van der Waals surface area contributed by atoms with Crippen LogP contribution in [0.3, 0.4) is 0 Å². The summed E-state index contributed by atoms with van der Waals surface area (Å²) in [5.74, 6) is 0.824. The van der Waals surface area contributed by atoms with Gasteiger partial charge < -0.3 is 15.2 Å². The number of hydrazone groups is 1. The first-order chi connectivity index (χ1) is 10.7. The number of hydrogen-bond donors (Lipinski definition) is 2. The van der Waals surface area contributed by atoms with Gasteiger partial charge in [-0.15, -0.1) is 0 Å². The summed E-state index contributed by atoms with van der Waals surface area (Å²) in [6.07, 6.45) is 1.50. The lowest BCUT2D eigenvalue weighted by molar-refractivity contribution is 0.0955. The molecule has 0 aliphatic carbocycles. The monoisotopic (exact) mass is 299 g/mol. The van der Waals surface area contributed by atoms with E-state index in [4.69, 9.17) is 15.2 Å². The van der Waals surface area contributed by atoms with Gasteiger partial charge >= 0.3 is 0 Å². The standard InChI is InChI=1S/C16H17N3O3/c1-21-14-5-3-4-12(15(14)22-2)10-18-19-16(20)11-6-8-13(17)9-7-11/h3-10H,17H2,1-2H3,(H,19,20). The molecule has 0 atom stereocenters. The molecule has 3 N–H and O–H groups in total. The fourth-order valence-electron chi connectivity index (χ4n) is 1.87. The van der Waals surface area contributed by atoms with E-state index in [2.05, 4.69) is 10.5 Å². The number of carbonyl (C=O) groups is 1. The Kier molecular flexibility index (Phi) is 4.98. The van der Waals surface area contributed by atoms with Crippen LogP contribution in [0.4, 0.5) is 5.69 Å². The van der Waals surface area contributed by atoms with E-state index in [1.54, 1.807) is 50.6 Å². The molecule has 0 aromatic heterocycles. The van der Waals surface area contributed by atoms with Crippen molar-refractivity contribution in [1.82, 2.24) is 5.43 Å². The first-order valence-electron chi connectivity index (χ1n) is 6.55. The number of nitrogens with one attached hydrogen (secondary N) is 1. The van der Waals surface area contributed by atoms with Gasteiger partial charge in [0.2, 0.25) is 0 Å². The van der Waals surface area contributed by atoms with Crippen molar-refractivity contribution >= 4 is 17.8 Å². The van der Waals surface area contributed by atoms with E-state index in [-0.39, 0.29) is 5.91 Å². The summed E-state index contributed by atoms with van der Waals surface area (Å²) in [5, 5.41) is 3.93. The molecule has 0 bridgehead atoms. The molecule has 0 saturated carbocycles. The molecule has 6 heteroatoms. The summed E-state index contributed by atoms with van der Waals surface area (Å²) in [4.78, 5) is 11.9. The molecular formula is C16H17N3O3. The van der Waals surface area contributed by atoms with Crippen molar-refractivity contribution in [1.29, 1.82) is 0 Å². The zero-order chi connectivity index (χ0) is 15.9. The Morgan fingerprint density at radius 3 is 2.50 bits per heavy atom. The molecule has 22 heavy (non-hydrogen) atoms. The third-order valence-electron chi connectivity index (χ3n) is 2.98. The lowest BCUT2D eigenvalue weighted by atomic mass is 10.2. The average molecular weight is 299 g/mol. The number of nitrogens with zero attached hydrogens (tertiary/aromatic N) is 1. The largest absolute Gasteiger partial charge is 0.493 e. The Bertz CT molecular complexity index is 682. The molecule has 2 aromatic rings. The molecule has 0 aliphatic rings. The maximum atomic E-state index is 11.9. The topological polar surface area (TPSA) is 85.9 Å². The summed E-state index contributed by atoms with van der Waals surface area (Å²) in [6.45, 7) is 0. The minimum Gasteiger partial charge on any atom is -0.493 e. The number of ether oxygens (including phenoxy) is 2. The Balaban J connectivity index is 2.09. The molecule has 0 radical (unpaired) electrons. The highest BCUT2D eigenvalue weighted by Gasteiger charge is 2.08. The van der Waals surface area contributed by atoms with Gasteiger partial charge in [0.25, 0.3) is 5.91 Å². The maximum Gasteiger partial charge on any atom is 0.271 e. The SMILES string of the molecule is COc1cccc(C=NNC(=O)c2ccc(N)cc2)c1OC. The van der Waals surface area contributed by atoms with E-state index < -0.39 is 0 Å². The van der Waals surface area contributed by atoms with Crippen LogP contribution >= 0.6 is 0 Å². The smallest absolute Gasteiger partial charge is 0.271 e. The summed E-state index contributed by atoms with van der Waals surface area (Å²) in [7, 11) is 3.10. The van der Waals surface area contributed by atoms with Crippen LogP contribution in [-0.4, -0.2) is 26.3 Å². The van der Waals surface area contributed by atoms with Crippen molar-refractivity contribution in [3.8, 4) is 11.5 Å². The van der Waals surface area contributed by atoms with Gasteiger partial charge in [0.1, 0.15) is 0 Å². The normalized spacial score (nSPS) is 10.5. The molecular weight excluding hydrogens is 282 g/mol. The number of hydrogen-bond acceptors (Lipinski definition) is 5. The van der Waals surface area contributed by atoms with Crippen molar-refractivity contribution in [2.24, 2.45) is 5.10 Å². The first kappa shape index (κ1) is 15.4. The van der Waals surface area contributed by atoms with Gasteiger partial charge in [0, 0.05) is 16.8 Å². The van der Waals surface area contributed by atoms with Gasteiger partial charge in [-0.2, -0.15) is 5.10 Å². The number of benzene rings is 2. The van der Waals surface area contributed by atoms with E-state index in [0.29, 0.717) is 28.3 Å². The van der Waals surface area contributed by atoms with E-state index in [0.717, 1.165) is 0 Å². The Hall–Kier alpha value is -3.02. The predicted molar refractivity (Wildman–Crippen MR) is 85.5 cm³/mol. The van der Waals surface area contributed by atoms with E-state index in [9.17, 15) is 4.79 Å². The van der Waals surface area contributed by atoms with Crippen molar-refractivity contribution in [2.75, 3.05) is 20.0 Å². The van der Waals surface area contributed by atoms with E-state index in [1.807, 2.05) is 6.07 Å². The quantitative estimate of drug-likeness (QED) is 0.502. The van der Waals surface area contributed by atoms with Gasteiger partial charge in [0.05, 0.1) is 20.4 Å². The molecule has 0 aliphatic heterocycles. The lowest BCUT2D eigenvalue weighted by Gasteiger charge is -2.09. The van der Waals surface area contributed by atoms with E-state index in [1.165, 1.54) is 6.21 Å². The minimum absolute atomic E-state index is 0.321. The molecule has 2 rings (SSSR count). The second-order valence-electron chi connectivity index (χ2n) is 4.40.